The molecule has 1 fully saturated rings. The average Bonchev–Trinajstić information content (AvgIpc) is 2.87. The number of carbonyl (C=O) groups is 1. The van der Waals surface area contributed by atoms with E-state index in [1.165, 1.54) is 0 Å². The molecule has 5 heteroatoms. The van der Waals surface area contributed by atoms with Gasteiger partial charge in [-0.1, -0.05) is 12.2 Å². The van der Waals surface area contributed by atoms with Gasteiger partial charge in [-0.15, -0.1) is 0 Å². The number of nitrogens with two attached hydrogens (primary N) is 1. The summed E-state index contributed by atoms with van der Waals surface area (Å²) < 4.78 is 0. The van der Waals surface area contributed by atoms with E-state index in [4.69, 9.17) is 18.0 Å². The Kier molecular flexibility index (Phi) is 3.48. The van der Waals surface area contributed by atoms with Crippen molar-refractivity contribution in [1.82, 2.24) is 10.2 Å². The van der Waals surface area contributed by atoms with Crippen LogP contribution in [-0.2, 0) is 0 Å². The van der Waals surface area contributed by atoms with Gasteiger partial charge in [0.1, 0.15) is 0 Å². The number of nitrogens with zero attached hydrogens (tertiary/aromatic N) is 1. The van der Waals surface area contributed by atoms with E-state index in [9.17, 15) is 4.79 Å². The van der Waals surface area contributed by atoms with Crippen molar-refractivity contribution in [2.45, 2.75) is 25.3 Å². The zero-order valence-corrected chi connectivity index (χ0v) is 8.56. The van der Waals surface area contributed by atoms with Crippen LogP contribution in [0.2, 0.25) is 0 Å². The smallest absolute Gasteiger partial charge is 0.317 e. The van der Waals surface area contributed by atoms with Gasteiger partial charge in [-0.3, -0.25) is 0 Å². The van der Waals surface area contributed by atoms with Crippen LogP contribution in [0.4, 0.5) is 4.79 Å². The molecule has 0 aliphatic heterocycles. The first-order valence-electron chi connectivity index (χ1n) is 4.42. The monoisotopic (exact) mass is 201 g/mol. The SMILES string of the molecule is CNC(=O)N(CCC(N)=S)C1CC1. The lowest BCUT2D eigenvalue weighted by molar-refractivity contribution is 0.199. The number of hydrogen-bond donors (Lipinski definition) is 2. The molecule has 1 rings (SSSR count). The molecule has 13 heavy (non-hydrogen) atoms. The van der Waals surface area contributed by atoms with E-state index in [0.717, 1.165) is 12.8 Å². The van der Waals surface area contributed by atoms with Crippen molar-refractivity contribution >= 4 is 23.2 Å². The van der Waals surface area contributed by atoms with E-state index in [1.54, 1.807) is 11.9 Å². The van der Waals surface area contributed by atoms with Gasteiger partial charge < -0.3 is 16.0 Å². The molecule has 2 amide bonds. The zero-order chi connectivity index (χ0) is 9.84. The number of thiocarbonyl (C=S) groups is 1. The Morgan fingerprint density at radius 3 is 2.69 bits per heavy atom. The molecule has 0 aromatic carbocycles. The second kappa shape index (κ2) is 4.41. The topological polar surface area (TPSA) is 58.4 Å². The summed E-state index contributed by atoms with van der Waals surface area (Å²) in [5.41, 5.74) is 5.38. The molecule has 0 bridgehead atoms. The highest BCUT2D eigenvalue weighted by Crippen LogP contribution is 2.26. The largest absolute Gasteiger partial charge is 0.393 e. The lowest BCUT2D eigenvalue weighted by Gasteiger charge is -2.21. The quantitative estimate of drug-likeness (QED) is 0.650. The Balaban J connectivity index is 2.38. The Hall–Kier alpha value is -0.840. The van der Waals surface area contributed by atoms with Gasteiger partial charge in [-0.05, 0) is 12.8 Å². The molecular formula is C8H15N3OS. The summed E-state index contributed by atoms with van der Waals surface area (Å²) >= 11 is 4.76. The number of hydrogen-bond acceptors (Lipinski definition) is 2. The summed E-state index contributed by atoms with van der Waals surface area (Å²) in [6, 6.07) is 0.382. The second-order valence-corrected chi connectivity index (χ2v) is 3.72. The third-order valence-corrected chi connectivity index (χ3v) is 2.27. The summed E-state index contributed by atoms with van der Waals surface area (Å²) in [4.78, 5) is 13.6. The number of rotatable bonds is 4. The molecule has 0 saturated heterocycles. The van der Waals surface area contributed by atoms with E-state index in [1.807, 2.05) is 0 Å². The third kappa shape index (κ3) is 3.18. The molecule has 74 valence electrons. The van der Waals surface area contributed by atoms with Crippen molar-refractivity contribution in [3.8, 4) is 0 Å². The molecule has 4 nitrogen and oxygen atoms in total. The molecule has 0 unspecified atom stereocenters. The molecule has 0 spiro atoms. The first-order chi connectivity index (χ1) is 6.15. The molecule has 1 saturated carbocycles. The van der Waals surface area contributed by atoms with Crippen LogP contribution in [0.1, 0.15) is 19.3 Å². The minimum absolute atomic E-state index is 0.0289. The van der Waals surface area contributed by atoms with Crippen LogP contribution >= 0.6 is 12.2 Å². The lowest BCUT2D eigenvalue weighted by atomic mass is 10.4. The fourth-order valence-electron chi connectivity index (χ4n) is 1.21. The van der Waals surface area contributed by atoms with Gasteiger partial charge in [0.25, 0.3) is 0 Å². The van der Waals surface area contributed by atoms with E-state index >= 15 is 0 Å². The number of amides is 2. The Labute approximate surface area is 83.5 Å². The van der Waals surface area contributed by atoms with Crippen molar-refractivity contribution < 1.29 is 4.79 Å². The highest BCUT2D eigenvalue weighted by atomic mass is 32.1. The molecule has 0 radical (unpaired) electrons. The van der Waals surface area contributed by atoms with Gasteiger partial charge in [0.05, 0.1) is 4.99 Å². The summed E-state index contributed by atoms with van der Waals surface area (Å²) in [7, 11) is 1.64. The molecule has 0 aromatic heterocycles. The van der Waals surface area contributed by atoms with E-state index in [2.05, 4.69) is 5.32 Å². The molecular weight excluding hydrogens is 186 g/mol. The molecule has 0 atom stereocenters. The van der Waals surface area contributed by atoms with Crippen molar-refractivity contribution in [3.05, 3.63) is 0 Å². The lowest BCUT2D eigenvalue weighted by Crippen LogP contribution is -2.41. The van der Waals surface area contributed by atoms with Crippen LogP contribution in [0, 0.1) is 0 Å². The minimum Gasteiger partial charge on any atom is -0.393 e. The van der Waals surface area contributed by atoms with Crippen LogP contribution < -0.4 is 11.1 Å². The van der Waals surface area contributed by atoms with Crippen molar-refractivity contribution in [2.24, 2.45) is 5.73 Å². The average molecular weight is 201 g/mol. The maximum absolute atomic E-state index is 11.3. The zero-order valence-electron chi connectivity index (χ0n) is 7.75. The predicted molar refractivity (Wildman–Crippen MR) is 55.6 cm³/mol. The van der Waals surface area contributed by atoms with Gasteiger partial charge in [-0.2, -0.15) is 0 Å². The Bertz CT molecular complexity index is 215. The van der Waals surface area contributed by atoms with Crippen LogP contribution in [-0.4, -0.2) is 35.6 Å². The van der Waals surface area contributed by atoms with Gasteiger partial charge >= 0.3 is 6.03 Å². The molecule has 3 N–H and O–H groups in total. The molecule has 0 heterocycles. The first-order valence-corrected chi connectivity index (χ1v) is 4.82. The van der Waals surface area contributed by atoms with Gasteiger partial charge in [0, 0.05) is 26.1 Å². The highest BCUT2D eigenvalue weighted by molar-refractivity contribution is 7.80. The summed E-state index contributed by atoms with van der Waals surface area (Å²) in [5.74, 6) is 0. The summed E-state index contributed by atoms with van der Waals surface area (Å²) in [5, 5.41) is 2.61. The van der Waals surface area contributed by atoms with Gasteiger partial charge in [-0.25, -0.2) is 4.79 Å². The van der Waals surface area contributed by atoms with Crippen molar-refractivity contribution in [1.29, 1.82) is 0 Å². The summed E-state index contributed by atoms with van der Waals surface area (Å²) in [6.07, 6.45) is 2.81. The maximum Gasteiger partial charge on any atom is 0.317 e. The summed E-state index contributed by atoms with van der Waals surface area (Å²) in [6.45, 7) is 0.639. The van der Waals surface area contributed by atoms with E-state index in [-0.39, 0.29) is 6.03 Å². The minimum atomic E-state index is -0.0289. The fourth-order valence-corrected chi connectivity index (χ4v) is 1.30. The van der Waals surface area contributed by atoms with Gasteiger partial charge in [0.2, 0.25) is 0 Å². The van der Waals surface area contributed by atoms with Crippen molar-refractivity contribution in [2.75, 3.05) is 13.6 Å². The van der Waals surface area contributed by atoms with Crippen LogP contribution in [0.3, 0.4) is 0 Å². The number of urea groups is 1. The fraction of sp³-hybridized carbons (Fsp3) is 0.750. The van der Waals surface area contributed by atoms with Crippen molar-refractivity contribution in [3.63, 3.8) is 0 Å². The Morgan fingerprint density at radius 1 is 1.69 bits per heavy atom. The van der Waals surface area contributed by atoms with Crippen LogP contribution in [0.25, 0.3) is 0 Å². The maximum atomic E-state index is 11.3. The van der Waals surface area contributed by atoms with E-state index in [0.29, 0.717) is 24.0 Å². The molecule has 1 aliphatic rings. The second-order valence-electron chi connectivity index (χ2n) is 3.20. The molecule has 1 aliphatic carbocycles. The van der Waals surface area contributed by atoms with Crippen LogP contribution in [0.15, 0.2) is 0 Å². The first kappa shape index (κ1) is 10.2. The standard InChI is InChI=1S/C8H15N3OS/c1-10-8(12)11(6-2-3-6)5-4-7(9)13/h6H,2-5H2,1H3,(H2,9,13)(H,10,12). The number of nitrogens with one attached hydrogen (secondary N) is 1. The third-order valence-electron chi connectivity index (χ3n) is 2.06. The predicted octanol–water partition coefficient (Wildman–Crippen LogP) is 0.466. The van der Waals surface area contributed by atoms with E-state index < -0.39 is 0 Å². The Morgan fingerprint density at radius 2 is 2.31 bits per heavy atom. The normalized spacial score (nSPS) is 15.2. The highest BCUT2D eigenvalue weighted by Gasteiger charge is 2.31. The number of carbonyl (C=O) groups excluding carboxylic acids is 1. The van der Waals surface area contributed by atoms with Gasteiger partial charge in [0.15, 0.2) is 0 Å². The van der Waals surface area contributed by atoms with Crippen LogP contribution in [0.5, 0.6) is 0 Å². The molecule has 0 aromatic rings.